The van der Waals surface area contributed by atoms with Crippen LogP contribution in [0.2, 0.25) is 0 Å². The Labute approximate surface area is 456 Å². The number of fused-ring (bicyclic) bond motifs is 8. The van der Waals surface area contributed by atoms with Crippen molar-refractivity contribution in [1.82, 2.24) is 41.5 Å². The minimum atomic E-state index is -2.05. The van der Waals surface area contributed by atoms with E-state index in [1.165, 1.54) is 10.6 Å². The summed E-state index contributed by atoms with van der Waals surface area (Å²) >= 11 is 0. The maximum Gasteiger partial charge on any atom is 0.407 e. The number of halogens is 1. The molecule has 4 heterocycles. The van der Waals surface area contributed by atoms with Crippen LogP contribution >= 0.6 is 0 Å². The predicted molar refractivity (Wildman–Crippen MR) is 285 cm³/mol. The molecule has 0 spiro atoms. The number of hydrogen-bond donors (Lipinski definition) is 7. The second-order valence-electron chi connectivity index (χ2n) is 19.8. The van der Waals surface area contributed by atoms with Crippen molar-refractivity contribution in [2.45, 2.75) is 76.3 Å². The van der Waals surface area contributed by atoms with Gasteiger partial charge < -0.3 is 60.5 Å². The van der Waals surface area contributed by atoms with Gasteiger partial charge in [-0.3, -0.25) is 24.0 Å². The van der Waals surface area contributed by atoms with Gasteiger partial charge in [0, 0.05) is 34.9 Å². The van der Waals surface area contributed by atoms with E-state index in [2.05, 4.69) is 31.9 Å². The maximum atomic E-state index is 15.4. The molecule has 2 aromatic heterocycles. The molecule has 0 bridgehead atoms. The Bertz CT molecular complexity index is 3510. The first-order valence-corrected chi connectivity index (χ1v) is 26.2. The maximum absolute atomic E-state index is 15.4. The van der Waals surface area contributed by atoms with Gasteiger partial charge in [-0.15, -0.1) is 0 Å². The Morgan fingerprint density at radius 1 is 0.812 bits per heavy atom. The number of nitrogens with zero attached hydrogens (tertiary/aromatic N) is 2. The topological polar surface area (TPSA) is 284 Å². The third-order valence-electron chi connectivity index (χ3n) is 15.0. The molecule has 6 aromatic rings. The molecule has 2 aliphatic heterocycles. The number of alkyl carbamates (subject to hydrolysis) is 2. The normalized spacial score (nSPS) is 16.6. The van der Waals surface area contributed by atoms with Gasteiger partial charge in [-0.05, 0) is 76.8 Å². The molecule has 4 aromatic carbocycles. The lowest BCUT2D eigenvalue weighted by Crippen LogP contribution is -2.52. The summed E-state index contributed by atoms with van der Waals surface area (Å²) in [6, 6.07) is 25.7. The van der Waals surface area contributed by atoms with Crippen LogP contribution in [0.4, 0.5) is 14.0 Å². The lowest BCUT2D eigenvalue weighted by atomic mass is 9.81. The monoisotopic (exact) mass is 1090 g/mol. The van der Waals surface area contributed by atoms with Crippen LogP contribution in [0.3, 0.4) is 0 Å². The van der Waals surface area contributed by atoms with Crippen molar-refractivity contribution in [2.24, 2.45) is 0 Å². The van der Waals surface area contributed by atoms with E-state index in [1.807, 2.05) is 48.5 Å². The first-order valence-electron chi connectivity index (χ1n) is 26.2. The number of aryl methyl sites for hydroxylation is 1. The van der Waals surface area contributed by atoms with E-state index < -0.39 is 90.5 Å². The smallest absolute Gasteiger partial charge is 0.407 e. The minimum Gasteiger partial charge on any atom is -0.458 e. The Morgan fingerprint density at radius 2 is 1.50 bits per heavy atom. The van der Waals surface area contributed by atoms with Crippen molar-refractivity contribution in [2.75, 3.05) is 46.2 Å². The molecule has 414 valence electrons. The van der Waals surface area contributed by atoms with E-state index >= 15 is 4.39 Å². The number of aliphatic hydroxyl groups is 1. The molecule has 0 saturated heterocycles. The zero-order valence-electron chi connectivity index (χ0n) is 43.7. The highest BCUT2D eigenvalue weighted by Crippen LogP contribution is 2.47. The Kier molecular flexibility index (Phi) is 15.7. The summed E-state index contributed by atoms with van der Waals surface area (Å²) in [6.07, 6.45) is -0.821. The summed E-state index contributed by atoms with van der Waals surface area (Å²) in [7, 11) is 0. The number of ether oxygens (including phenoxy) is 4. The van der Waals surface area contributed by atoms with Crippen LogP contribution in [0.5, 0.6) is 0 Å². The van der Waals surface area contributed by atoms with Gasteiger partial charge in [0.05, 0.1) is 54.8 Å². The highest BCUT2D eigenvalue weighted by Gasteiger charge is 2.46. The van der Waals surface area contributed by atoms with Crippen molar-refractivity contribution >= 4 is 52.7 Å². The van der Waals surface area contributed by atoms with Crippen LogP contribution in [0.15, 0.2) is 95.8 Å². The minimum absolute atomic E-state index is 0.0438. The van der Waals surface area contributed by atoms with Crippen LogP contribution in [-0.4, -0.2) is 109 Å². The summed E-state index contributed by atoms with van der Waals surface area (Å²) in [4.78, 5) is 109. The Morgan fingerprint density at radius 3 is 2.24 bits per heavy atom. The Balaban J connectivity index is 0.669. The second-order valence-corrected chi connectivity index (χ2v) is 19.8. The van der Waals surface area contributed by atoms with Crippen molar-refractivity contribution in [3.63, 3.8) is 0 Å². The molecule has 0 fully saturated rings. The summed E-state index contributed by atoms with van der Waals surface area (Å²) in [6.45, 7) is 0.938. The van der Waals surface area contributed by atoms with Crippen LogP contribution in [0, 0.1) is 12.7 Å². The molecule has 4 aliphatic rings. The van der Waals surface area contributed by atoms with Gasteiger partial charge in [-0.1, -0.05) is 85.8 Å². The van der Waals surface area contributed by atoms with Gasteiger partial charge in [0.1, 0.15) is 45.0 Å². The first-order chi connectivity index (χ1) is 38.6. The molecular formula is C58H57FN8O13. The number of pyridine rings is 2. The second kappa shape index (κ2) is 23.1. The first kappa shape index (κ1) is 54.3. The largest absolute Gasteiger partial charge is 0.458 e. The van der Waals surface area contributed by atoms with Crippen molar-refractivity contribution in [1.29, 1.82) is 0 Å². The predicted octanol–water partition coefficient (Wildman–Crippen LogP) is 3.83. The highest BCUT2D eigenvalue weighted by molar-refractivity contribution is 5.95. The molecule has 21 nitrogen and oxygen atoms in total. The number of cyclic esters (lactones) is 1. The molecule has 3 atom stereocenters. The number of aromatic nitrogens is 2. The van der Waals surface area contributed by atoms with E-state index in [4.69, 9.17) is 23.9 Å². The fraction of sp³-hybridized carbons (Fsp3) is 0.328. The molecule has 7 N–H and O–H groups in total. The van der Waals surface area contributed by atoms with E-state index in [9.17, 15) is 43.5 Å². The molecule has 0 radical (unpaired) electrons. The summed E-state index contributed by atoms with van der Waals surface area (Å²) in [5.41, 5.74) is 6.13. The number of amides is 6. The number of rotatable bonds is 19. The van der Waals surface area contributed by atoms with Crippen LogP contribution in [0.1, 0.15) is 81.8 Å². The van der Waals surface area contributed by atoms with Crippen LogP contribution in [-0.2, 0) is 74.5 Å². The van der Waals surface area contributed by atoms with E-state index in [-0.39, 0.29) is 69.6 Å². The zero-order chi connectivity index (χ0) is 56.2. The van der Waals surface area contributed by atoms with Gasteiger partial charge in [-0.2, -0.15) is 0 Å². The van der Waals surface area contributed by atoms with Gasteiger partial charge in [-0.25, -0.2) is 23.8 Å². The number of carbonyl (C=O) groups excluding carboxylic acids is 7. The lowest BCUT2D eigenvalue weighted by Gasteiger charge is -2.31. The Hall–Kier alpha value is -9.02. The van der Waals surface area contributed by atoms with Crippen molar-refractivity contribution in [3.8, 4) is 22.5 Å². The fourth-order valence-electron chi connectivity index (χ4n) is 11.0. The van der Waals surface area contributed by atoms with Crippen LogP contribution < -0.4 is 37.5 Å². The van der Waals surface area contributed by atoms with Gasteiger partial charge in [0.25, 0.3) is 5.56 Å². The van der Waals surface area contributed by atoms with E-state index in [0.717, 1.165) is 27.8 Å². The van der Waals surface area contributed by atoms with Crippen LogP contribution in [0.25, 0.3) is 33.4 Å². The van der Waals surface area contributed by atoms with Gasteiger partial charge >= 0.3 is 18.2 Å². The average Bonchev–Trinajstić information content (AvgIpc) is 4.20. The third kappa shape index (κ3) is 10.9. The highest BCUT2D eigenvalue weighted by atomic mass is 19.1. The fourth-order valence-corrected chi connectivity index (χ4v) is 11.0. The molecule has 0 saturated carbocycles. The number of benzene rings is 4. The number of nitrogens with one attached hydrogen (secondary N) is 6. The lowest BCUT2D eigenvalue weighted by molar-refractivity contribution is -0.172. The zero-order valence-corrected chi connectivity index (χ0v) is 43.7. The number of hydrogen-bond acceptors (Lipinski definition) is 14. The van der Waals surface area contributed by atoms with Gasteiger partial charge in [0.2, 0.25) is 23.6 Å². The van der Waals surface area contributed by atoms with E-state index in [1.54, 1.807) is 50.2 Å². The van der Waals surface area contributed by atoms with Crippen molar-refractivity contribution < 1.29 is 62.0 Å². The average molecular weight is 1090 g/mol. The molecular weight excluding hydrogens is 1040 g/mol. The standard InChI is InChI=1S/C58H57FN8O13/c1-3-58(76)41-22-46-52-38(27-67(46)54(72)40(41)29-79-55(58)73)51-43(18-17-33-31(2)42(59)23-44(65-52)50(33)51)66-57(75)78-20-19-77-30-63-48(69)24-61-53(71)45(21-32-11-5-4-6-12-32)64-49(70)26-60-47(68)25-62-56(74)80-28-39-36-15-9-7-13-34(36)35-14-8-10-16-37(35)39/h4-16,22-23,39,43,45,76H,3,17-21,24-30H2,1-2H3,(H,60,68)(H,61,71)(H,62,74)(H,63,69)(H,64,70)(H,66,75)/t43-,45-,58-/m0/s1. The molecule has 80 heavy (non-hydrogen) atoms. The summed E-state index contributed by atoms with van der Waals surface area (Å²) in [5.74, 6) is -4.19. The molecule has 6 amide bonds. The molecule has 2 aliphatic carbocycles. The summed E-state index contributed by atoms with van der Waals surface area (Å²) < 4.78 is 38.4. The summed E-state index contributed by atoms with van der Waals surface area (Å²) in [5, 5.41) is 27.3. The number of esters is 1. The van der Waals surface area contributed by atoms with Gasteiger partial charge in [0.15, 0.2) is 5.60 Å². The SMILES string of the molecule is CC[C@@]1(O)C(=O)OCc2c1cc1n(c2=O)Cc2c-1nc1cc(F)c(C)c3c1c2[C@@H](NC(=O)OCCOCNC(=O)CNC(=O)[C@H](Cc1ccccc1)NC(=O)CNC(=O)CNC(=O)OCC1c2ccccc2-c2ccccc21)CC3. The molecule has 0 unspecified atom stereocenters. The molecule has 10 rings (SSSR count). The third-order valence-corrected chi connectivity index (χ3v) is 15.0. The molecule has 22 heteroatoms. The van der Waals surface area contributed by atoms with E-state index in [0.29, 0.717) is 57.4 Å². The quantitative estimate of drug-likeness (QED) is 0.0263. The van der Waals surface area contributed by atoms with Crippen molar-refractivity contribution in [3.05, 3.63) is 157 Å². The number of carbonyl (C=O) groups is 7.